The Labute approximate surface area is 161 Å². The minimum Gasteiger partial charge on any atom is -0.338 e. The number of hydrogen-bond acceptors (Lipinski definition) is 2. The molecular weight excluding hydrogens is 344 g/mol. The molecule has 1 N–H and O–H groups in total. The highest BCUT2D eigenvalue weighted by Gasteiger charge is 2.29. The molecule has 0 unspecified atom stereocenters. The van der Waals surface area contributed by atoms with Crippen LogP contribution in [-0.2, 0) is 6.42 Å². The summed E-state index contributed by atoms with van der Waals surface area (Å²) in [7, 11) is 0. The lowest BCUT2D eigenvalue weighted by atomic mass is 9.93. The summed E-state index contributed by atoms with van der Waals surface area (Å²) in [5.41, 5.74) is 2.46. The van der Waals surface area contributed by atoms with Crippen molar-refractivity contribution in [2.24, 2.45) is 0 Å². The van der Waals surface area contributed by atoms with Crippen LogP contribution >= 0.6 is 23.6 Å². The van der Waals surface area contributed by atoms with Gasteiger partial charge in [0.25, 0.3) is 0 Å². The first-order valence-corrected chi connectivity index (χ1v) is 10.7. The summed E-state index contributed by atoms with van der Waals surface area (Å²) in [4.78, 5) is 3.85. The molecule has 0 saturated heterocycles. The lowest BCUT2D eigenvalue weighted by Crippen LogP contribution is -2.45. The van der Waals surface area contributed by atoms with Crippen LogP contribution in [0.2, 0.25) is 0 Å². The van der Waals surface area contributed by atoms with E-state index in [2.05, 4.69) is 65.8 Å². The molecule has 0 spiro atoms. The van der Waals surface area contributed by atoms with Crippen molar-refractivity contribution in [2.75, 3.05) is 5.32 Å². The Hall–Kier alpha value is -1.39. The van der Waals surface area contributed by atoms with Crippen LogP contribution in [0.25, 0.3) is 0 Å². The number of para-hydroxylation sites is 1. The molecule has 3 rings (SSSR count). The summed E-state index contributed by atoms with van der Waals surface area (Å²) in [6.07, 6.45) is 7.48. The van der Waals surface area contributed by atoms with Gasteiger partial charge < -0.3 is 10.2 Å². The summed E-state index contributed by atoms with van der Waals surface area (Å²) >= 11 is 7.74. The summed E-state index contributed by atoms with van der Waals surface area (Å²) in [5.74, 6) is 0. The van der Waals surface area contributed by atoms with Crippen LogP contribution in [-0.4, -0.2) is 16.1 Å². The van der Waals surface area contributed by atoms with Crippen LogP contribution in [0, 0.1) is 0 Å². The Balaban J connectivity index is 1.83. The molecule has 1 atom stereocenters. The van der Waals surface area contributed by atoms with E-state index in [1.165, 1.54) is 42.5 Å². The molecule has 1 aromatic heterocycles. The number of hydrogen-bond donors (Lipinski definition) is 1. The maximum Gasteiger partial charge on any atom is 0.174 e. The van der Waals surface area contributed by atoms with Gasteiger partial charge >= 0.3 is 0 Å². The Morgan fingerprint density at radius 2 is 1.96 bits per heavy atom. The molecule has 0 radical (unpaired) electrons. The third-order valence-corrected chi connectivity index (χ3v) is 6.57. The first-order chi connectivity index (χ1) is 12.2. The van der Waals surface area contributed by atoms with Crippen LogP contribution in [0.15, 0.2) is 41.8 Å². The molecular formula is C21H28N2S2. The van der Waals surface area contributed by atoms with E-state index in [9.17, 15) is 0 Å². The van der Waals surface area contributed by atoms with E-state index in [0.717, 1.165) is 17.2 Å². The van der Waals surface area contributed by atoms with Crippen LogP contribution < -0.4 is 5.32 Å². The fraction of sp³-hybridized carbons (Fsp3) is 0.476. The molecule has 1 aliphatic rings. The van der Waals surface area contributed by atoms with Crippen molar-refractivity contribution in [3.63, 3.8) is 0 Å². The monoisotopic (exact) mass is 372 g/mol. The van der Waals surface area contributed by atoms with Gasteiger partial charge in [-0.15, -0.1) is 11.3 Å². The Kier molecular flexibility index (Phi) is 6.49. The third-order valence-electron chi connectivity index (χ3n) is 5.21. The lowest BCUT2D eigenvalue weighted by molar-refractivity contribution is 0.205. The number of thiocarbonyl (C=S) groups is 1. The van der Waals surface area contributed by atoms with E-state index >= 15 is 0 Å². The average molecular weight is 373 g/mol. The number of anilines is 1. The summed E-state index contributed by atoms with van der Waals surface area (Å²) in [6, 6.07) is 13.7. The summed E-state index contributed by atoms with van der Waals surface area (Å²) in [6.45, 7) is 4.48. The van der Waals surface area contributed by atoms with Gasteiger partial charge in [-0.3, -0.25) is 0 Å². The van der Waals surface area contributed by atoms with Gasteiger partial charge in [-0.05, 0) is 61.5 Å². The molecule has 2 aromatic rings. The van der Waals surface area contributed by atoms with Gasteiger partial charge in [-0.1, -0.05) is 50.5 Å². The Morgan fingerprint density at radius 1 is 1.20 bits per heavy atom. The minimum absolute atomic E-state index is 0.317. The van der Waals surface area contributed by atoms with Crippen LogP contribution in [0.3, 0.4) is 0 Å². The molecule has 1 heterocycles. The quantitative estimate of drug-likeness (QED) is 0.611. The smallest absolute Gasteiger partial charge is 0.174 e. The van der Waals surface area contributed by atoms with E-state index in [1.54, 1.807) is 0 Å². The molecule has 0 amide bonds. The normalized spacial score (nSPS) is 16.4. The Morgan fingerprint density at radius 3 is 2.64 bits per heavy atom. The summed E-state index contributed by atoms with van der Waals surface area (Å²) in [5, 5.41) is 6.59. The van der Waals surface area contributed by atoms with Gasteiger partial charge in [-0.25, -0.2) is 0 Å². The molecule has 0 aliphatic heterocycles. The SMILES string of the molecule is CCc1ccccc1NC(=S)N(C1CCCCC1)[C@@H](C)c1cccs1. The van der Waals surface area contributed by atoms with E-state index in [-0.39, 0.29) is 0 Å². The molecule has 25 heavy (non-hydrogen) atoms. The molecule has 1 aromatic carbocycles. The number of thiophene rings is 1. The second-order valence-corrected chi connectivity index (χ2v) is 8.20. The number of nitrogens with zero attached hydrogens (tertiary/aromatic N) is 1. The fourth-order valence-electron chi connectivity index (χ4n) is 3.81. The number of benzene rings is 1. The van der Waals surface area contributed by atoms with E-state index in [0.29, 0.717) is 12.1 Å². The first-order valence-electron chi connectivity index (χ1n) is 9.41. The molecule has 1 saturated carbocycles. The van der Waals surface area contributed by atoms with Gasteiger partial charge in [-0.2, -0.15) is 0 Å². The highest BCUT2D eigenvalue weighted by atomic mass is 32.1. The second-order valence-electron chi connectivity index (χ2n) is 6.83. The van der Waals surface area contributed by atoms with Crippen molar-refractivity contribution < 1.29 is 0 Å². The topological polar surface area (TPSA) is 15.3 Å². The maximum absolute atomic E-state index is 5.92. The molecule has 1 fully saturated rings. The fourth-order valence-corrected chi connectivity index (χ4v) is 5.01. The van der Waals surface area contributed by atoms with Gasteiger partial charge in [0.05, 0.1) is 6.04 Å². The van der Waals surface area contributed by atoms with Gasteiger partial charge in [0, 0.05) is 16.6 Å². The van der Waals surface area contributed by atoms with E-state index in [4.69, 9.17) is 12.2 Å². The van der Waals surface area contributed by atoms with Crippen molar-refractivity contribution in [3.8, 4) is 0 Å². The molecule has 134 valence electrons. The third kappa shape index (κ3) is 4.42. The first kappa shape index (κ1) is 18.4. The van der Waals surface area contributed by atoms with Gasteiger partial charge in [0.2, 0.25) is 0 Å². The number of aryl methyl sites for hydroxylation is 1. The zero-order valence-corrected chi connectivity index (χ0v) is 16.8. The molecule has 0 bridgehead atoms. The molecule has 2 nitrogen and oxygen atoms in total. The van der Waals surface area contributed by atoms with Crippen LogP contribution in [0.1, 0.15) is 62.4 Å². The van der Waals surface area contributed by atoms with Gasteiger partial charge in [0.15, 0.2) is 5.11 Å². The second kappa shape index (κ2) is 8.81. The van der Waals surface area contributed by atoms with Gasteiger partial charge in [0.1, 0.15) is 0 Å². The van der Waals surface area contributed by atoms with Crippen molar-refractivity contribution in [2.45, 2.75) is 64.5 Å². The Bertz CT molecular complexity index is 675. The van der Waals surface area contributed by atoms with Crippen molar-refractivity contribution in [1.82, 2.24) is 4.90 Å². The van der Waals surface area contributed by atoms with Crippen molar-refractivity contribution in [1.29, 1.82) is 0 Å². The highest BCUT2D eigenvalue weighted by Crippen LogP contribution is 2.33. The summed E-state index contributed by atoms with van der Waals surface area (Å²) < 4.78 is 0. The van der Waals surface area contributed by atoms with Crippen LogP contribution in [0.5, 0.6) is 0 Å². The average Bonchev–Trinajstić information content (AvgIpc) is 3.18. The van der Waals surface area contributed by atoms with Crippen molar-refractivity contribution in [3.05, 3.63) is 52.2 Å². The van der Waals surface area contributed by atoms with Crippen molar-refractivity contribution >= 4 is 34.4 Å². The maximum atomic E-state index is 5.92. The number of rotatable bonds is 5. The standard InChI is InChI=1S/C21H28N2S2/c1-3-17-10-7-8-13-19(17)22-21(24)23(18-11-5-4-6-12-18)16(2)20-14-9-15-25-20/h7-10,13-16,18H,3-6,11-12H2,1-2H3,(H,22,24)/t16-/m0/s1. The zero-order chi connectivity index (χ0) is 17.6. The lowest BCUT2D eigenvalue weighted by Gasteiger charge is -2.40. The highest BCUT2D eigenvalue weighted by molar-refractivity contribution is 7.80. The zero-order valence-electron chi connectivity index (χ0n) is 15.2. The van der Waals surface area contributed by atoms with E-state index < -0.39 is 0 Å². The van der Waals surface area contributed by atoms with Crippen LogP contribution in [0.4, 0.5) is 5.69 Å². The predicted molar refractivity (Wildman–Crippen MR) is 113 cm³/mol. The van der Waals surface area contributed by atoms with E-state index in [1.807, 2.05) is 11.3 Å². The molecule has 1 aliphatic carbocycles. The number of nitrogens with one attached hydrogen (secondary N) is 1. The minimum atomic E-state index is 0.317. The molecule has 4 heteroatoms. The predicted octanol–water partition coefficient (Wildman–Crippen LogP) is 6.40. The largest absolute Gasteiger partial charge is 0.338 e.